The van der Waals surface area contributed by atoms with Crippen molar-refractivity contribution in [3.05, 3.63) is 33.4 Å². The fraction of sp³-hybridized carbons (Fsp3) is 0.300. The minimum Gasteiger partial charge on any atom is -0.426 e. The molecule has 0 aromatic heterocycles. The van der Waals surface area contributed by atoms with E-state index < -0.39 is 4.92 Å². The standard InChI is InChI=1S/C10H9NO4/c1-6-7-2-5-10(12)15-9(7)4-3-8(6)11(13)14/h3-4H,2,5H2,1H3. The summed E-state index contributed by atoms with van der Waals surface area (Å²) in [5.74, 6) is 0.171. The first-order valence-electron chi connectivity index (χ1n) is 4.57. The molecule has 0 aliphatic carbocycles. The second-order valence-electron chi connectivity index (χ2n) is 3.42. The largest absolute Gasteiger partial charge is 0.426 e. The van der Waals surface area contributed by atoms with E-state index in [0.717, 1.165) is 5.56 Å². The Morgan fingerprint density at radius 2 is 2.13 bits per heavy atom. The summed E-state index contributed by atoms with van der Waals surface area (Å²) in [7, 11) is 0. The van der Waals surface area contributed by atoms with Crippen molar-refractivity contribution in [2.24, 2.45) is 0 Å². The van der Waals surface area contributed by atoms with Crippen molar-refractivity contribution in [3.8, 4) is 5.75 Å². The number of rotatable bonds is 1. The number of carbonyl (C=O) groups is 1. The van der Waals surface area contributed by atoms with Gasteiger partial charge in [0.05, 0.1) is 11.3 Å². The van der Waals surface area contributed by atoms with Gasteiger partial charge in [-0.05, 0) is 19.4 Å². The molecule has 0 N–H and O–H groups in total. The maximum Gasteiger partial charge on any atom is 0.311 e. The first-order valence-corrected chi connectivity index (χ1v) is 4.57. The first kappa shape index (κ1) is 9.64. The van der Waals surface area contributed by atoms with Crippen molar-refractivity contribution < 1.29 is 14.5 Å². The third-order valence-electron chi connectivity index (χ3n) is 2.53. The fourth-order valence-corrected chi connectivity index (χ4v) is 1.72. The van der Waals surface area contributed by atoms with Gasteiger partial charge < -0.3 is 4.74 Å². The van der Waals surface area contributed by atoms with Gasteiger partial charge in [0.25, 0.3) is 5.69 Å². The van der Waals surface area contributed by atoms with Crippen LogP contribution < -0.4 is 4.74 Å². The molecule has 0 saturated carbocycles. The number of nitro benzene ring substituents is 1. The van der Waals surface area contributed by atoms with Crippen LogP contribution >= 0.6 is 0 Å². The van der Waals surface area contributed by atoms with Gasteiger partial charge in [-0.2, -0.15) is 0 Å². The molecule has 0 unspecified atom stereocenters. The Labute approximate surface area is 85.8 Å². The molecule has 0 bridgehead atoms. The summed E-state index contributed by atoms with van der Waals surface area (Å²) in [6, 6.07) is 2.85. The Kier molecular flexibility index (Phi) is 2.15. The molecule has 1 aliphatic heterocycles. The van der Waals surface area contributed by atoms with Crippen LogP contribution in [0.25, 0.3) is 0 Å². The van der Waals surface area contributed by atoms with Crippen molar-refractivity contribution >= 4 is 11.7 Å². The number of nitro groups is 1. The maximum atomic E-state index is 11.0. The molecule has 2 rings (SSSR count). The molecule has 0 fully saturated rings. The summed E-state index contributed by atoms with van der Waals surface area (Å²) in [4.78, 5) is 21.2. The Morgan fingerprint density at radius 3 is 2.80 bits per heavy atom. The van der Waals surface area contributed by atoms with Gasteiger partial charge in [0.15, 0.2) is 0 Å². The van der Waals surface area contributed by atoms with Gasteiger partial charge in [0.2, 0.25) is 0 Å². The summed E-state index contributed by atoms with van der Waals surface area (Å²) in [5, 5.41) is 10.7. The predicted octanol–water partition coefficient (Wildman–Crippen LogP) is 1.75. The second kappa shape index (κ2) is 3.34. The molecule has 1 aliphatic rings. The lowest BCUT2D eigenvalue weighted by Gasteiger charge is -2.16. The van der Waals surface area contributed by atoms with Crippen LogP contribution in [0.4, 0.5) is 5.69 Å². The maximum absolute atomic E-state index is 11.0. The molecule has 0 saturated heterocycles. The van der Waals surface area contributed by atoms with Gasteiger partial charge in [0, 0.05) is 17.2 Å². The van der Waals surface area contributed by atoms with Crippen molar-refractivity contribution in [2.75, 3.05) is 0 Å². The number of ether oxygens (including phenoxy) is 1. The average Bonchev–Trinajstić information content (AvgIpc) is 2.17. The zero-order valence-corrected chi connectivity index (χ0v) is 8.15. The van der Waals surface area contributed by atoms with Gasteiger partial charge in [-0.15, -0.1) is 0 Å². The van der Waals surface area contributed by atoms with Crippen LogP contribution in [0, 0.1) is 17.0 Å². The molecule has 5 heteroatoms. The summed E-state index contributed by atoms with van der Waals surface area (Å²) in [5.41, 5.74) is 1.43. The van der Waals surface area contributed by atoms with Crippen LogP contribution in [0.15, 0.2) is 12.1 Å². The van der Waals surface area contributed by atoms with Gasteiger partial charge in [-0.3, -0.25) is 14.9 Å². The predicted molar refractivity (Wildman–Crippen MR) is 51.8 cm³/mol. The van der Waals surface area contributed by atoms with Crippen molar-refractivity contribution in [1.82, 2.24) is 0 Å². The number of hydrogen-bond donors (Lipinski definition) is 0. The lowest BCUT2D eigenvalue weighted by Crippen LogP contribution is -2.17. The number of fused-ring (bicyclic) bond motifs is 1. The van der Waals surface area contributed by atoms with E-state index in [-0.39, 0.29) is 18.1 Å². The first-order chi connectivity index (χ1) is 7.09. The quantitative estimate of drug-likeness (QED) is 0.304. The van der Waals surface area contributed by atoms with Crippen LogP contribution in [0.3, 0.4) is 0 Å². The minimum absolute atomic E-state index is 0.0756. The van der Waals surface area contributed by atoms with Gasteiger partial charge in [-0.25, -0.2) is 0 Å². The van der Waals surface area contributed by atoms with E-state index >= 15 is 0 Å². The molecule has 78 valence electrons. The number of benzene rings is 1. The fourth-order valence-electron chi connectivity index (χ4n) is 1.72. The highest BCUT2D eigenvalue weighted by Gasteiger charge is 2.23. The average molecular weight is 207 g/mol. The molecular weight excluding hydrogens is 198 g/mol. The highest BCUT2D eigenvalue weighted by Crippen LogP contribution is 2.33. The number of esters is 1. The molecular formula is C10H9NO4. The van der Waals surface area contributed by atoms with Crippen LogP contribution in [-0.2, 0) is 11.2 Å². The summed E-state index contributed by atoms with van der Waals surface area (Å²) in [6.07, 6.45) is 0.802. The highest BCUT2D eigenvalue weighted by molar-refractivity contribution is 5.76. The molecule has 1 heterocycles. The molecule has 0 amide bonds. The SMILES string of the molecule is Cc1c([N+](=O)[O-])ccc2c1CCC(=O)O2. The van der Waals surface area contributed by atoms with Crippen molar-refractivity contribution in [3.63, 3.8) is 0 Å². The van der Waals surface area contributed by atoms with Crippen LogP contribution in [0.5, 0.6) is 5.75 Å². The summed E-state index contributed by atoms with van der Waals surface area (Å²) < 4.78 is 4.99. The number of nitrogens with zero attached hydrogens (tertiary/aromatic N) is 1. The van der Waals surface area contributed by atoms with E-state index in [1.165, 1.54) is 12.1 Å². The Morgan fingerprint density at radius 1 is 1.40 bits per heavy atom. The van der Waals surface area contributed by atoms with E-state index in [1.807, 2.05) is 0 Å². The van der Waals surface area contributed by atoms with Crippen molar-refractivity contribution in [1.29, 1.82) is 0 Å². The van der Waals surface area contributed by atoms with Gasteiger partial charge in [0.1, 0.15) is 5.75 Å². The summed E-state index contributed by atoms with van der Waals surface area (Å²) >= 11 is 0. The highest BCUT2D eigenvalue weighted by atomic mass is 16.6. The molecule has 5 nitrogen and oxygen atoms in total. The third-order valence-corrected chi connectivity index (χ3v) is 2.53. The van der Waals surface area contributed by atoms with Gasteiger partial charge in [-0.1, -0.05) is 0 Å². The lowest BCUT2D eigenvalue weighted by atomic mass is 9.99. The van der Waals surface area contributed by atoms with Gasteiger partial charge >= 0.3 is 5.97 Å². The smallest absolute Gasteiger partial charge is 0.311 e. The lowest BCUT2D eigenvalue weighted by molar-refractivity contribution is -0.385. The van der Waals surface area contributed by atoms with Crippen molar-refractivity contribution in [2.45, 2.75) is 19.8 Å². The van der Waals surface area contributed by atoms with E-state index in [2.05, 4.69) is 0 Å². The Hall–Kier alpha value is -1.91. The van der Waals surface area contributed by atoms with Crippen LogP contribution in [0.2, 0.25) is 0 Å². The molecule has 0 radical (unpaired) electrons. The third kappa shape index (κ3) is 1.56. The zero-order chi connectivity index (χ0) is 11.0. The van der Waals surface area contributed by atoms with Crippen LogP contribution in [-0.4, -0.2) is 10.9 Å². The van der Waals surface area contributed by atoms with E-state index in [4.69, 9.17) is 4.74 Å². The molecule has 0 spiro atoms. The molecule has 1 aromatic carbocycles. The minimum atomic E-state index is -0.425. The molecule has 1 aromatic rings. The molecule has 15 heavy (non-hydrogen) atoms. The van der Waals surface area contributed by atoms with Crippen LogP contribution in [0.1, 0.15) is 17.5 Å². The topological polar surface area (TPSA) is 69.4 Å². The Bertz CT molecular complexity index is 453. The second-order valence-corrected chi connectivity index (χ2v) is 3.42. The van der Waals surface area contributed by atoms with E-state index in [0.29, 0.717) is 17.7 Å². The molecule has 0 atom stereocenters. The number of hydrogen-bond acceptors (Lipinski definition) is 4. The normalized spacial score (nSPS) is 14.3. The van der Waals surface area contributed by atoms with E-state index in [1.54, 1.807) is 6.92 Å². The summed E-state index contributed by atoms with van der Waals surface area (Å²) in [6.45, 7) is 1.68. The zero-order valence-electron chi connectivity index (χ0n) is 8.15. The Balaban J connectivity index is 2.53. The van der Waals surface area contributed by atoms with E-state index in [9.17, 15) is 14.9 Å². The number of carbonyl (C=O) groups excluding carboxylic acids is 1. The monoisotopic (exact) mass is 207 g/mol.